The van der Waals surface area contributed by atoms with Gasteiger partial charge in [-0.15, -0.1) is 0 Å². The highest BCUT2D eigenvalue weighted by atomic mass is 32.2. The van der Waals surface area contributed by atoms with Crippen molar-refractivity contribution in [2.75, 3.05) is 0 Å². The number of benzene rings is 1. The number of hydrogen-bond acceptors (Lipinski definition) is 3. The van der Waals surface area contributed by atoms with Crippen LogP contribution in [0.25, 0.3) is 0 Å². The topological polar surface area (TPSA) is 35.5 Å². The second-order valence-electron chi connectivity index (χ2n) is 1.96. The van der Waals surface area contributed by atoms with Crippen molar-refractivity contribution in [3.8, 4) is 5.75 Å². The normalized spacial score (nSPS) is 12.7. The van der Waals surface area contributed by atoms with E-state index in [4.69, 9.17) is 4.18 Å². The Bertz CT molecular complexity index is 300. The van der Waals surface area contributed by atoms with Gasteiger partial charge in [-0.25, -0.2) is 4.39 Å². The number of hydrogen-bond donors (Lipinski definition) is 0. The molecule has 0 amide bonds. The van der Waals surface area contributed by atoms with Gasteiger partial charge in [0.25, 0.3) is 0 Å². The van der Waals surface area contributed by atoms with Crippen molar-refractivity contribution in [3.63, 3.8) is 0 Å². The number of halogens is 1. The van der Waals surface area contributed by atoms with Gasteiger partial charge in [-0.3, -0.25) is 0 Å². The molecule has 1 aromatic carbocycles. The predicted octanol–water partition coefficient (Wildman–Crippen LogP) is 2.10. The first-order valence-corrected chi connectivity index (χ1v) is 4.40. The van der Waals surface area contributed by atoms with Crippen LogP contribution < -0.4 is 4.18 Å². The smallest absolute Gasteiger partial charge is 0.377 e. The van der Waals surface area contributed by atoms with Gasteiger partial charge in [0.05, 0.1) is 0 Å². The van der Waals surface area contributed by atoms with Gasteiger partial charge in [0.15, 0.2) is 0 Å². The maximum Gasteiger partial charge on any atom is 0.417 e. The van der Waals surface area contributed by atoms with Crippen LogP contribution in [0.2, 0.25) is 0 Å². The Morgan fingerprint density at radius 3 is 2.62 bits per heavy atom. The number of rotatable bonds is 4. The van der Waals surface area contributed by atoms with Gasteiger partial charge in [-0.05, 0) is 12.1 Å². The van der Waals surface area contributed by atoms with Crippen molar-refractivity contribution in [2.24, 2.45) is 0 Å². The first kappa shape index (κ1) is 9.73. The average Bonchev–Trinajstić information content (AvgIpc) is 2.16. The van der Waals surface area contributed by atoms with E-state index >= 15 is 0 Å². The third-order valence-corrected chi connectivity index (χ3v) is 1.69. The molecule has 3 nitrogen and oxygen atoms in total. The van der Waals surface area contributed by atoms with Gasteiger partial charge in [0.1, 0.15) is 18.3 Å². The Morgan fingerprint density at radius 2 is 2.00 bits per heavy atom. The molecule has 0 aliphatic carbocycles. The summed E-state index contributed by atoms with van der Waals surface area (Å²) in [6.07, 6.45) is 0.783. The quantitative estimate of drug-likeness (QED) is 0.701. The van der Waals surface area contributed by atoms with Crippen LogP contribution in [0, 0.1) is 0 Å². The molecule has 0 aliphatic rings. The molecule has 5 heteroatoms. The lowest BCUT2D eigenvalue weighted by Gasteiger charge is -2.00. The molecule has 0 spiro atoms. The van der Waals surface area contributed by atoms with Crippen LogP contribution in [-0.4, -0.2) is 4.21 Å². The van der Waals surface area contributed by atoms with E-state index in [9.17, 15) is 8.60 Å². The lowest BCUT2D eigenvalue weighted by Crippen LogP contribution is -2.00. The summed E-state index contributed by atoms with van der Waals surface area (Å²) in [6.45, 7) is 0. The van der Waals surface area contributed by atoms with Gasteiger partial charge in [0, 0.05) is 0 Å². The van der Waals surface area contributed by atoms with Crippen LogP contribution in [0.15, 0.2) is 42.9 Å². The summed E-state index contributed by atoms with van der Waals surface area (Å²) in [7, 11) is 0. The molecule has 0 saturated carbocycles. The predicted molar refractivity (Wildman–Crippen MR) is 46.5 cm³/mol. The first-order valence-electron chi connectivity index (χ1n) is 3.40. The van der Waals surface area contributed by atoms with E-state index in [2.05, 4.69) is 4.18 Å². The highest BCUT2D eigenvalue weighted by molar-refractivity contribution is 7.75. The molecule has 70 valence electrons. The van der Waals surface area contributed by atoms with Crippen molar-refractivity contribution in [1.82, 2.24) is 0 Å². The lowest BCUT2D eigenvalue weighted by atomic mass is 10.3. The summed E-state index contributed by atoms with van der Waals surface area (Å²) in [6, 6.07) is 8.45. The lowest BCUT2D eigenvalue weighted by molar-refractivity contribution is 0.417. The third-order valence-electron chi connectivity index (χ3n) is 1.09. The van der Waals surface area contributed by atoms with Gasteiger partial charge in [-0.2, -0.15) is 4.21 Å². The van der Waals surface area contributed by atoms with Crippen molar-refractivity contribution >= 4 is 11.4 Å². The Kier molecular flexibility index (Phi) is 3.98. The molecule has 0 saturated heterocycles. The number of para-hydroxylation sites is 1. The summed E-state index contributed by atoms with van der Waals surface area (Å²) in [5.41, 5.74) is 0. The summed E-state index contributed by atoms with van der Waals surface area (Å²) >= 11 is -2.00. The van der Waals surface area contributed by atoms with Gasteiger partial charge in [-0.1, -0.05) is 18.2 Å². The van der Waals surface area contributed by atoms with Crippen molar-refractivity contribution < 1.29 is 17.0 Å². The molecule has 13 heavy (non-hydrogen) atoms. The Hall–Kier alpha value is -1.36. The van der Waals surface area contributed by atoms with Gasteiger partial charge >= 0.3 is 11.4 Å². The molecule has 1 atom stereocenters. The molecular weight excluding hydrogens is 195 g/mol. The molecule has 0 aromatic heterocycles. The molecule has 0 aliphatic heterocycles. The molecule has 0 fully saturated rings. The molecule has 0 radical (unpaired) electrons. The minimum Gasteiger partial charge on any atom is -0.377 e. The fourth-order valence-electron chi connectivity index (χ4n) is 0.641. The van der Waals surface area contributed by atoms with Crippen LogP contribution in [0.3, 0.4) is 0 Å². The Balaban J connectivity index is 2.46. The van der Waals surface area contributed by atoms with Crippen molar-refractivity contribution in [3.05, 3.63) is 42.9 Å². The van der Waals surface area contributed by atoms with Gasteiger partial charge < -0.3 is 8.37 Å². The zero-order chi connectivity index (χ0) is 9.52. The summed E-state index contributed by atoms with van der Waals surface area (Å²) in [4.78, 5) is 0. The highest BCUT2D eigenvalue weighted by Gasteiger charge is 1.99. The monoisotopic (exact) mass is 202 g/mol. The van der Waals surface area contributed by atoms with Crippen LogP contribution in [0.1, 0.15) is 0 Å². The maximum atomic E-state index is 11.4. The van der Waals surface area contributed by atoms with Crippen LogP contribution in [0.4, 0.5) is 4.39 Å². The average molecular weight is 202 g/mol. The summed E-state index contributed by atoms with van der Waals surface area (Å²) < 4.78 is 31.3. The fourth-order valence-corrected chi connectivity index (χ4v) is 1.08. The van der Waals surface area contributed by atoms with Crippen molar-refractivity contribution in [1.29, 1.82) is 0 Å². The second-order valence-corrected chi connectivity index (χ2v) is 2.73. The molecular formula is C8H7FO3S. The maximum absolute atomic E-state index is 11.4. The third kappa shape index (κ3) is 3.71. The largest absolute Gasteiger partial charge is 0.417 e. The Labute approximate surface area is 77.7 Å². The van der Waals surface area contributed by atoms with E-state index in [1.54, 1.807) is 30.3 Å². The van der Waals surface area contributed by atoms with Crippen LogP contribution in [0.5, 0.6) is 5.75 Å². The van der Waals surface area contributed by atoms with E-state index in [1.807, 2.05) is 0 Å². The highest BCUT2D eigenvalue weighted by Crippen LogP contribution is 2.10. The second kappa shape index (κ2) is 5.31. The molecule has 1 unspecified atom stereocenters. The first-order chi connectivity index (χ1) is 6.33. The summed E-state index contributed by atoms with van der Waals surface area (Å²) in [5.74, 6) is 0.396. The van der Waals surface area contributed by atoms with Crippen molar-refractivity contribution in [2.45, 2.75) is 0 Å². The minimum absolute atomic E-state index is 0.131. The van der Waals surface area contributed by atoms with Crippen LogP contribution >= 0.6 is 0 Å². The van der Waals surface area contributed by atoms with E-state index in [1.165, 1.54) is 0 Å². The van der Waals surface area contributed by atoms with Crippen LogP contribution in [-0.2, 0) is 15.5 Å². The zero-order valence-electron chi connectivity index (χ0n) is 6.55. The Morgan fingerprint density at radius 1 is 1.31 bits per heavy atom. The fraction of sp³-hybridized carbons (Fsp3) is 0. The standard InChI is InChI=1S/C8H7FO3S/c9-6-7-11-13(10)12-8-4-2-1-3-5-8/h1-7H. The van der Waals surface area contributed by atoms with E-state index in [0.29, 0.717) is 12.0 Å². The molecule has 1 aromatic rings. The molecule has 0 heterocycles. The van der Waals surface area contributed by atoms with Gasteiger partial charge in [0.2, 0.25) is 0 Å². The SMILES string of the molecule is O=S(OC=CF)Oc1ccccc1. The minimum atomic E-state index is -2.00. The zero-order valence-corrected chi connectivity index (χ0v) is 7.37. The van der Waals surface area contributed by atoms with E-state index in [-0.39, 0.29) is 6.33 Å². The molecule has 0 N–H and O–H groups in total. The molecule has 0 bridgehead atoms. The van der Waals surface area contributed by atoms with E-state index < -0.39 is 11.4 Å². The van der Waals surface area contributed by atoms with E-state index in [0.717, 1.165) is 0 Å². The molecule has 1 rings (SSSR count). The summed E-state index contributed by atoms with van der Waals surface area (Å²) in [5, 5.41) is 0.